The quantitative estimate of drug-likeness (QED) is 0.721. The highest BCUT2D eigenvalue weighted by Crippen LogP contribution is 2.29. The molecule has 3 rings (SSSR count). The Morgan fingerprint density at radius 2 is 2.28 bits per heavy atom. The summed E-state index contributed by atoms with van der Waals surface area (Å²) in [6.07, 6.45) is 5.96. The first kappa shape index (κ1) is 11.7. The highest BCUT2D eigenvalue weighted by atomic mass is 15.0. The fourth-order valence-corrected chi connectivity index (χ4v) is 3.06. The van der Waals surface area contributed by atoms with Crippen LogP contribution in [0.25, 0.3) is 0 Å². The van der Waals surface area contributed by atoms with Gasteiger partial charge >= 0.3 is 0 Å². The van der Waals surface area contributed by atoms with Gasteiger partial charge < -0.3 is 11.1 Å². The molecule has 4 unspecified atom stereocenters. The number of fused-ring (bicyclic) bond motifs is 1. The Bertz CT molecular complexity index is 502. The van der Waals surface area contributed by atoms with Gasteiger partial charge in [-0.15, -0.1) is 4.67 Å². The number of aryl methyl sites for hydroxylation is 1. The van der Waals surface area contributed by atoms with E-state index >= 15 is 0 Å². The van der Waals surface area contributed by atoms with E-state index in [1.54, 1.807) is 0 Å². The zero-order valence-electron chi connectivity index (χ0n) is 10.7. The summed E-state index contributed by atoms with van der Waals surface area (Å²) in [4.78, 5) is 0. The molecule has 2 aliphatic rings. The number of nitrogens with one attached hydrogen (secondary N) is 1. The van der Waals surface area contributed by atoms with Crippen molar-refractivity contribution in [2.75, 3.05) is 0 Å². The highest BCUT2D eigenvalue weighted by molar-refractivity contribution is 5.73. The zero-order chi connectivity index (χ0) is 12.5. The Labute approximate surface area is 108 Å². The predicted octanol–water partition coefficient (Wildman–Crippen LogP) is 0.954. The molecule has 0 aliphatic carbocycles. The van der Waals surface area contributed by atoms with Crippen LogP contribution >= 0.6 is 0 Å². The minimum absolute atomic E-state index is 0.208. The predicted molar refractivity (Wildman–Crippen MR) is 75.8 cm³/mol. The van der Waals surface area contributed by atoms with Gasteiger partial charge in [0, 0.05) is 18.1 Å². The topological polar surface area (TPSA) is 52.2 Å². The van der Waals surface area contributed by atoms with Crippen molar-refractivity contribution < 1.29 is 0 Å². The monoisotopic (exact) mass is 242 g/mol. The lowest BCUT2D eigenvalue weighted by atomic mass is 9.80. The van der Waals surface area contributed by atoms with Crippen LogP contribution in [0, 0.1) is 12.8 Å². The lowest BCUT2D eigenvalue weighted by molar-refractivity contribution is 0.255. The third-order valence-corrected chi connectivity index (χ3v) is 4.05. The molecule has 0 bridgehead atoms. The van der Waals surface area contributed by atoms with Crippen LogP contribution in [0.15, 0.2) is 24.3 Å². The summed E-state index contributed by atoms with van der Waals surface area (Å²) in [5.41, 5.74) is 8.97. The van der Waals surface area contributed by atoms with Crippen molar-refractivity contribution in [2.45, 2.75) is 37.9 Å². The van der Waals surface area contributed by atoms with Crippen LogP contribution in [0.4, 0.5) is 0 Å². The van der Waals surface area contributed by atoms with Gasteiger partial charge in [-0.1, -0.05) is 29.8 Å². The van der Waals surface area contributed by atoms with E-state index in [-0.39, 0.29) is 6.04 Å². The van der Waals surface area contributed by atoms with E-state index < -0.39 is 0 Å². The first-order valence-corrected chi connectivity index (χ1v) is 6.67. The molecule has 1 aromatic rings. The summed E-state index contributed by atoms with van der Waals surface area (Å²) in [7, 11) is 0. The van der Waals surface area contributed by atoms with Crippen LogP contribution in [0.5, 0.6) is 0 Å². The molecule has 0 aromatic heterocycles. The Balaban J connectivity index is 1.83. The van der Waals surface area contributed by atoms with Gasteiger partial charge in [-0.05, 0) is 18.9 Å². The average molecular weight is 242 g/mol. The van der Waals surface area contributed by atoms with Crippen molar-refractivity contribution in [3.63, 3.8) is 0 Å². The van der Waals surface area contributed by atoms with Gasteiger partial charge in [0.2, 0.25) is 0 Å². The van der Waals surface area contributed by atoms with Gasteiger partial charge in [0.05, 0.1) is 12.3 Å². The van der Waals surface area contributed by atoms with E-state index in [0.29, 0.717) is 18.0 Å². The van der Waals surface area contributed by atoms with Crippen LogP contribution in [0.3, 0.4) is 0 Å². The number of piperidine rings is 1. The number of hydrogen-bond acceptors (Lipinski definition) is 2. The molecule has 1 saturated heterocycles. The molecule has 1 fully saturated rings. The Morgan fingerprint density at radius 1 is 1.39 bits per heavy atom. The van der Waals surface area contributed by atoms with E-state index in [4.69, 9.17) is 5.73 Å². The second kappa shape index (κ2) is 4.69. The maximum absolute atomic E-state index is 6.31. The van der Waals surface area contributed by atoms with Crippen LogP contribution in [0.1, 0.15) is 30.0 Å². The van der Waals surface area contributed by atoms with Gasteiger partial charge in [0.25, 0.3) is 12.4 Å². The molecular weight excluding hydrogens is 222 g/mol. The lowest BCUT2D eigenvalue weighted by Gasteiger charge is -2.38. The van der Waals surface area contributed by atoms with Crippen molar-refractivity contribution in [3.05, 3.63) is 35.4 Å². The van der Waals surface area contributed by atoms with E-state index in [1.807, 2.05) is 12.4 Å². The van der Waals surface area contributed by atoms with Crippen LogP contribution in [-0.4, -0.2) is 24.5 Å². The summed E-state index contributed by atoms with van der Waals surface area (Å²) in [5.74, 6) is 0.385. The van der Waals surface area contributed by atoms with Crippen LogP contribution < -0.4 is 15.7 Å². The standard InChI is InChI=1S/C15H20N3/c1-10-3-2-4-11(7-10)15-8-13(16)12-9-17-6-5-14(12)18-15/h2-4,6-7,9,12-15,18H,5,8,16H2,1H3/q+1. The molecule has 2 aliphatic heterocycles. The molecular formula is C15H20N3+. The summed E-state index contributed by atoms with van der Waals surface area (Å²) in [6, 6.07) is 9.73. The SMILES string of the molecule is Cc1cccc(C2CC(N)C3C=[N+]=CCC3N2)c1. The van der Waals surface area contributed by atoms with E-state index in [0.717, 1.165) is 12.8 Å². The maximum Gasteiger partial charge on any atom is 0.274 e. The molecule has 2 heterocycles. The van der Waals surface area contributed by atoms with Crippen molar-refractivity contribution in [2.24, 2.45) is 11.7 Å². The number of benzene rings is 1. The molecule has 0 radical (unpaired) electrons. The minimum atomic E-state index is 0.208. The molecule has 0 saturated carbocycles. The normalized spacial score (nSPS) is 34.3. The Morgan fingerprint density at radius 3 is 3.11 bits per heavy atom. The third-order valence-electron chi connectivity index (χ3n) is 4.05. The van der Waals surface area contributed by atoms with E-state index in [2.05, 4.69) is 41.2 Å². The summed E-state index contributed by atoms with van der Waals surface area (Å²) >= 11 is 0. The van der Waals surface area contributed by atoms with Crippen LogP contribution in [-0.2, 0) is 0 Å². The molecule has 3 nitrogen and oxygen atoms in total. The first-order chi connectivity index (χ1) is 8.74. The fraction of sp³-hybridized carbons (Fsp3) is 0.467. The molecule has 1 aromatic carbocycles. The van der Waals surface area contributed by atoms with Crippen molar-refractivity contribution in [1.82, 2.24) is 9.98 Å². The number of rotatable bonds is 1. The lowest BCUT2D eigenvalue weighted by Crippen LogP contribution is -2.55. The number of nitrogens with two attached hydrogens (primary N) is 1. The molecule has 0 amide bonds. The Kier molecular flexibility index (Phi) is 3.04. The van der Waals surface area contributed by atoms with Gasteiger partial charge in [0.1, 0.15) is 0 Å². The first-order valence-electron chi connectivity index (χ1n) is 6.67. The highest BCUT2D eigenvalue weighted by Gasteiger charge is 2.39. The molecule has 3 N–H and O–H groups in total. The van der Waals surface area contributed by atoms with E-state index in [9.17, 15) is 0 Å². The van der Waals surface area contributed by atoms with Crippen molar-refractivity contribution >= 4 is 12.4 Å². The second-order valence-corrected chi connectivity index (χ2v) is 5.43. The third kappa shape index (κ3) is 2.13. The van der Waals surface area contributed by atoms with Gasteiger partial charge in [-0.25, -0.2) is 0 Å². The average Bonchev–Trinajstić information content (AvgIpc) is 2.39. The maximum atomic E-state index is 6.31. The molecule has 18 heavy (non-hydrogen) atoms. The molecule has 4 atom stereocenters. The smallest absolute Gasteiger partial charge is 0.274 e. The molecule has 3 heteroatoms. The molecule has 94 valence electrons. The van der Waals surface area contributed by atoms with Crippen molar-refractivity contribution in [1.29, 1.82) is 0 Å². The fourth-order valence-electron chi connectivity index (χ4n) is 3.06. The Hall–Kier alpha value is -1.41. The minimum Gasteiger partial charge on any atom is -0.327 e. The van der Waals surface area contributed by atoms with Crippen molar-refractivity contribution in [3.8, 4) is 0 Å². The van der Waals surface area contributed by atoms with E-state index in [1.165, 1.54) is 11.1 Å². The van der Waals surface area contributed by atoms with Gasteiger partial charge in [-0.2, -0.15) is 0 Å². The number of nitrogens with zero attached hydrogens (tertiary/aromatic N) is 1. The van der Waals surface area contributed by atoms with Gasteiger partial charge in [0.15, 0.2) is 0 Å². The summed E-state index contributed by atoms with van der Waals surface area (Å²) in [5, 5.41) is 3.73. The van der Waals surface area contributed by atoms with Gasteiger partial charge in [-0.3, -0.25) is 0 Å². The largest absolute Gasteiger partial charge is 0.327 e. The second-order valence-electron chi connectivity index (χ2n) is 5.43. The summed E-state index contributed by atoms with van der Waals surface area (Å²) < 4.78 is 4.25. The summed E-state index contributed by atoms with van der Waals surface area (Å²) in [6.45, 7) is 2.14. The number of hydrogen-bond donors (Lipinski definition) is 2. The zero-order valence-corrected chi connectivity index (χ0v) is 10.7. The molecule has 0 spiro atoms. The van der Waals surface area contributed by atoms with Crippen LogP contribution in [0.2, 0.25) is 0 Å².